The molecule has 1 amide bonds. The van der Waals surface area contributed by atoms with Crippen LogP contribution in [-0.2, 0) is 4.74 Å². The Kier molecular flexibility index (Phi) is 3.69. The van der Waals surface area contributed by atoms with Crippen molar-refractivity contribution in [2.45, 2.75) is 6.10 Å². The molecular weight excluding hydrogens is 234 g/mol. The van der Waals surface area contributed by atoms with Gasteiger partial charge in [-0.2, -0.15) is 0 Å². The number of ether oxygens (including phenoxy) is 1. The molecule has 1 aromatic carbocycles. The number of benzene rings is 1. The monoisotopic (exact) mass is 251 g/mol. The number of morpholine rings is 1. The van der Waals surface area contributed by atoms with Crippen LogP contribution in [0.3, 0.4) is 0 Å². The van der Waals surface area contributed by atoms with Crippen molar-refractivity contribution in [2.24, 2.45) is 5.73 Å². The first-order valence-corrected chi connectivity index (χ1v) is 5.78. The average Bonchev–Trinajstić information content (AvgIpc) is 2.39. The van der Waals surface area contributed by atoms with E-state index in [0.29, 0.717) is 30.9 Å². The zero-order chi connectivity index (χ0) is 13.1. The van der Waals surface area contributed by atoms with Gasteiger partial charge in [-0.1, -0.05) is 0 Å². The summed E-state index contributed by atoms with van der Waals surface area (Å²) in [6.07, 6.45) is -0.226. The topological polar surface area (TPSA) is 102 Å². The van der Waals surface area contributed by atoms with Crippen LogP contribution in [0.4, 0.5) is 11.4 Å². The third-order valence-electron chi connectivity index (χ3n) is 3.00. The summed E-state index contributed by atoms with van der Waals surface area (Å²) < 4.78 is 5.37. The number of carbonyl (C=O) groups is 1. The Labute approximate surface area is 105 Å². The van der Waals surface area contributed by atoms with Gasteiger partial charge in [0.2, 0.25) is 5.91 Å². The van der Waals surface area contributed by atoms with Gasteiger partial charge in [0.05, 0.1) is 30.7 Å². The Morgan fingerprint density at radius 1 is 1.56 bits per heavy atom. The molecule has 1 aliphatic rings. The molecule has 1 fully saturated rings. The molecule has 1 aromatic rings. The molecule has 0 aromatic heterocycles. The summed E-state index contributed by atoms with van der Waals surface area (Å²) in [5, 5.41) is 9.11. The van der Waals surface area contributed by atoms with Crippen LogP contribution in [0, 0.1) is 0 Å². The molecule has 0 spiro atoms. The van der Waals surface area contributed by atoms with E-state index in [9.17, 15) is 4.79 Å². The first-order valence-electron chi connectivity index (χ1n) is 5.78. The Morgan fingerprint density at radius 3 is 3.00 bits per heavy atom. The lowest BCUT2D eigenvalue weighted by atomic mass is 10.1. The van der Waals surface area contributed by atoms with Crippen molar-refractivity contribution in [3.63, 3.8) is 0 Å². The van der Waals surface area contributed by atoms with Crippen LogP contribution in [-0.4, -0.2) is 43.4 Å². The van der Waals surface area contributed by atoms with E-state index in [1.165, 1.54) is 0 Å². The highest BCUT2D eigenvalue weighted by atomic mass is 16.5. The zero-order valence-corrected chi connectivity index (χ0v) is 10.0. The van der Waals surface area contributed by atoms with Gasteiger partial charge in [0.15, 0.2) is 0 Å². The molecule has 1 unspecified atom stereocenters. The van der Waals surface area contributed by atoms with Crippen molar-refractivity contribution < 1.29 is 14.6 Å². The van der Waals surface area contributed by atoms with Gasteiger partial charge in [-0.3, -0.25) is 4.79 Å². The second-order valence-electron chi connectivity index (χ2n) is 4.26. The van der Waals surface area contributed by atoms with Gasteiger partial charge >= 0.3 is 0 Å². The SMILES string of the molecule is NC(=O)c1ccc(N)c(N2CCOC(CO)C2)c1. The molecule has 6 heteroatoms. The standard InChI is InChI=1S/C12H17N3O3/c13-10-2-1-8(12(14)17)5-11(10)15-3-4-18-9(6-15)7-16/h1-2,5,9,16H,3-4,6-7,13H2,(H2,14,17). The van der Waals surface area contributed by atoms with E-state index >= 15 is 0 Å². The maximum Gasteiger partial charge on any atom is 0.248 e. The first kappa shape index (κ1) is 12.7. The number of primary amides is 1. The zero-order valence-electron chi connectivity index (χ0n) is 10.0. The third-order valence-corrected chi connectivity index (χ3v) is 3.00. The minimum atomic E-state index is -0.483. The lowest BCUT2D eigenvalue weighted by molar-refractivity contribution is 0.00360. The van der Waals surface area contributed by atoms with Gasteiger partial charge < -0.3 is 26.2 Å². The third kappa shape index (κ3) is 2.55. The normalized spacial score (nSPS) is 19.8. The largest absolute Gasteiger partial charge is 0.397 e. The molecule has 1 atom stereocenters. The van der Waals surface area contributed by atoms with Gasteiger partial charge in [-0.15, -0.1) is 0 Å². The fraction of sp³-hybridized carbons (Fsp3) is 0.417. The molecule has 0 saturated carbocycles. The number of carbonyl (C=O) groups excluding carboxylic acids is 1. The van der Waals surface area contributed by atoms with Crippen LogP contribution in [0.15, 0.2) is 18.2 Å². The van der Waals surface area contributed by atoms with Crippen LogP contribution in [0.1, 0.15) is 10.4 Å². The van der Waals surface area contributed by atoms with Crippen molar-refractivity contribution >= 4 is 17.3 Å². The summed E-state index contributed by atoms with van der Waals surface area (Å²) in [6, 6.07) is 4.95. The van der Waals surface area contributed by atoms with Crippen LogP contribution in [0.25, 0.3) is 0 Å². The molecule has 0 aliphatic carbocycles. The lowest BCUT2D eigenvalue weighted by Gasteiger charge is -2.34. The van der Waals surface area contributed by atoms with Gasteiger partial charge in [0, 0.05) is 18.7 Å². The van der Waals surface area contributed by atoms with E-state index in [1.807, 2.05) is 4.90 Å². The Bertz CT molecular complexity index is 450. The van der Waals surface area contributed by atoms with Crippen molar-refractivity contribution in [3.05, 3.63) is 23.8 Å². The highest BCUT2D eigenvalue weighted by molar-refractivity contribution is 5.95. The summed E-state index contributed by atoms with van der Waals surface area (Å²) in [4.78, 5) is 13.2. The Balaban J connectivity index is 2.26. The maximum atomic E-state index is 11.2. The molecule has 18 heavy (non-hydrogen) atoms. The number of nitrogens with zero attached hydrogens (tertiary/aromatic N) is 1. The number of hydrogen-bond acceptors (Lipinski definition) is 5. The number of nitrogen functional groups attached to an aromatic ring is 1. The minimum absolute atomic E-state index is 0.0358. The molecule has 98 valence electrons. The maximum absolute atomic E-state index is 11.2. The van der Waals surface area contributed by atoms with E-state index < -0.39 is 5.91 Å². The minimum Gasteiger partial charge on any atom is -0.397 e. The molecule has 0 bridgehead atoms. The van der Waals surface area contributed by atoms with Crippen LogP contribution < -0.4 is 16.4 Å². The van der Waals surface area contributed by atoms with Crippen LogP contribution in [0.5, 0.6) is 0 Å². The predicted molar refractivity (Wildman–Crippen MR) is 68.4 cm³/mol. The number of anilines is 2. The fourth-order valence-corrected chi connectivity index (χ4v) is 2.02. The van der Waals surface area contributed by atoms with E-state index in [4.69, 9.17) is 21.3 Å². The molecule has 1 saturated heterocycles. The Morgan fingerprint density at radius 2 is 2.33 bits per heavy atom. The fourth-order valence-electron chi connectivity index (χ4n) is 2.02. The van der Waals surface area contributed by atoms with E-state index in [2.05, 4.69) is 0 Å². The van der Waals surface area contributed by atoms with Crippen molar-refractivity contribution in [1.82, 2.24) is 0 Å². The number of aliphatic hydroxyl groups excluding tert-OH is 1. The highest BCUT2D eigenvalue weighted by Crippen LogP contribution is 2.26. The summed E-state index contributed by atoms with van der Waals surface area (Å²) in [5.74, 6) is -0.483. The Hall–Kier alpha value is -1.79. The predicted octanol–water partition coefficient (Wildman–Crippen LogP) is -0.435. The molecule has 5 N–H and O–H groups in total. The summed E-state index contributed by atoms with van der Waals surface area (Å²) in [6.45, 7) is 1.70. The van der Waals surface area contributed by atoms with Gasteiger partial charge in [-0.05, 0) is 18.2 Å². The van der Waals surface area contributed by atoms with Gasteiger partial charge in [-0.25, -0.2) is 0 Å². The van der Waals surface area contributed by atoms with Crippen molar-refractivity contribution in [2.75, 3.05) is 36.9 Å². The van der Waals surface area contributed by atoms with E-state index in [0.717, 1.165) is 5.69 Å². The average molecular weight is 251 g/mol. The molecule has 6 nitrogen and oxygen atoms in total. The smallest absolute Gasteiger partial charge is 0.248 e. The van der Waals surface area contributed by atoms with Crippen LogP contribution >= 0.6 is 0 Å². The first-order chi connectivity index (χ1) is 8.61. The van der Waals surface area contributed by atoms with E-state index in [1.54, 1.807) is 18.2 Å². The second kappa shape index (κ2) is 5.24. The number of amides is 1. The number of rotatable bonds is 3. The molecule has 1 heterocycles. The molecule has 0 radical (unpaired) electrons. The molecule has 1 aliphatic heterocycles. The highest BCUT2D eigenvalue weighted by Gasteiger charge is 2.21. The summed E-state index contributed by atoms with van der Waals surface area (Å²) >= 11 is 0. The molecule has 2 rings (SSSR count). The summed E-state index contributed by atoms with van der Waals surface area (Å²) in [7, 11) is 0. The van der Waals surface area contributed by atoms with Gasteiger partial charge in [0.1, 0.15) is 0 Å². The van der Waals surface area contributed by atoms with Gasteiger partial charge in [0.25, 0.3) is 0 Å². The second-order valence-corrected chi connectivity index (χ2v) is 4.26. The lowest BCUT2D eigenvalue weighted by Crippen LogP contribution is -2.44. The van der Waals surface area contributed by atoms with Crippen LogP contribution in [0.2, 0.25) is 0 Å². The van der Waals surface area contributed by atoms with Crippen molar-refractivity contribution in [1.29, 1.82) is 0 Å². The number of nitrogens with two attached hydrogens (primary N) is 2. The number of aliphatic hydroxyl groups is 1. The number of hydrogen-bond donors (Lipinski definition) is 3. The van der Waals surface area contributed by atoms with Crippen molar-refractivity contribution in [3.8, 4) is 0 Å². The molecular formula is C12H17N3O3. The summed E-state index contributed by atoms with van der Waals surface area (Å²) in [5.41, 5.74) is 12.9. The van der Waals surface area contributed by atoms with E-state index in [-0.39, 0.29) is 12.7 Å². The quantitative estimate of drug-likeness (QED) is 0.632.